The topological polar surface area (TPSA) is 97.7 Å². The molecule has 0 unspecified atom stereocenters. The monoisotopic (exact) mass is 685 g/mol. The molecule has 1 aliphatic heterocycles. The van der Waals surface area contributed by atoms with Gasteiger partial charge in [0.2, 0.25) is 0 Å². The lowest BCUT2D eigenvalue weighted by atomic mass is 9.83. The summed E-state index contributed by atoms with van der Waals surface area (Å²) in [6.07, 6.45) is 3.16. The molecule has 4 aromatic rings. The number of halogens is 2. The lowest BCUT2D eigenvalue weighted by Gasteiger charge is -2.30. The van der Waals surface area contributed by atoms with Gasteiger partial charge in [-0.25, -0.2) is 4.99 Å². The molecule has 37 heavy (non-hydrogen) atoms. The first-order valence-electron chi connectivity index (χ1n) is 11.4. The number of hydrogen-bond donors (Lipinski definition) is 1. The first-order chi connectivity index (χ1) is 17.8. The maximum absolute atomic E-state index is 13.9. The van der Waals surface area contributed by atoms with E-state index >= 15 is 0 Å². The summed E-state index contributed by atoms with van der Waals surface area (Å²) in [5.74, 6) is 0.0955. The van der Waals surface area contributed by atoms with E-state index in [4.69, 9.17) is 4.99 Å². The van der Waals surface area contributed by atoms with Gasteiger partial charge in [0.15, 0.2) is 4.80 Å². The predicted molar refractivity (Wildman–Crippen MR) is 154 cm³/mol. The molecular formula is C27H17BrIN3O4S. The lowest BCUT2D eigenvalue weighted by Crippen LogP contribution is -2.38. The Labute approximate surface area is 236 Å². The molecular weight excluding hydrogens is 669 g/mol. The fourth-order valence-corrected chi connectivity index (χ4v) is 7.51. The molecule has 2 heterocycles. The Bertz CT molecular complexity index is 1840. The highest BCUT2D eigenvalue weighted by Gasteiger charge is 2.33. The maximum atomic E-state index is 13.9. The quantitative estimate of drug-likeness (QED) is 0.180. The largest absolute Gasteiger partial charge is 0.506 e. The van der Waals surface area contributed by atoms with Crippen LogP contribution in [0.5, 0.6) is 5.75 Å². The molecule has 2 aliphatic rings. The van der Waals surface area contributed by atoms with E-state index in [2.05, 4.69) is 22.0 Å². The van der Waals surface area contributed by atoms with Crippen molar-refractivity contribution in [3.05, 3.63) is 126 Å². The van der Waals surface area contributed by atoms with Crippen LogP contribution in [0.1, 0.15) is 34.7 Å². The number of fused-ring (bicyclic) bond motifs is 3. The van der Waals surface area contributed by atoms with Gasteiger partial charge in [0.1, 0.15) is 5.75 Å². The minimum absolute atomic E-state index is 0.0244. The first kappa shape index (κ1) is 24.3. The van der Waals surface area contributed by atoms with Gasteiger partial charge in [-0.15, -0.1) is 0 Å². The number of aromatic hydroxyl groups is 1. The molecule has 0 saturated carbocycles. The Morgan fingerprint density at radius 3 is 2.78 bits per heavy atom. The van der Waals surface area contributed by atoms with Crippen molar-refractivity contribution in [3.8, 4) is 5.75 Å². The molecule has 1 aliphatic carbocycles. The molecule has 0 fully saturated rings. The molecule has 0 saturated heterocycles. The molecule has 3 aromatic carbocycles. The smallest absolute Gasteiger partial charge is 0.271 e. The summed E-state index contributed by atoms with van der Waals surface area (Å²) in [7, 11) is 0. The Morgan fingerprint density at radius 2 is 1.97 bits per heavy atom. The van der Waals surface area contributed by atoms with Gasteiger partial charge < -0.3 is 5.11 Å². The molecule has 1 aromatic heterocycles. The van der Waals surface area contributed by atoms with Gasteiger partial charge in [0.05, 0.1) is 24.8 Å². The normalized spacial score (nSPS) is 16.6. The lowest BCUT2D eigenvalue weighted by molar-refractivity contribution is -0.384. The third-order valence-corrected chi connectivity index (χ3v) is 8.88. The highest BCUT2D eigenvalue weighted by molar-refractivity contribution is 14.1. The number of phenolic OH excluding ortho intramolecular Hbond substituents is 1. The Kier molecular flexibility index (Phi) is 6.12. The summed E-state index contributed by atoms with van der Waals surface area (Å²) < 4.78 is 3.51. The average molecular weight is 686 g/mol. The number of non-ortho nitro benzene ring substituents is 1. The number of nitro benzene ring substituents is 1. The van der Waals surface area contributed by atoms with Crippen molar-refractivity contribution in [1.29, 1.82) is 0 Å². The van der Waals surface area contributed by atoms with Crippen LogP contribution in [0.4, 0.5) is 5.69 Å². The number of hydrogen-bond acceptors (Lipinski definition) is 6. The molecule has 1 atom stereocenters. The van der Waals surface area contributed by atoms with Crippen LogP contribution in [0.15, 0.2) is 80.5 Å². The van der Waals surface area contributed by atoms with E-state index in [1.165, 1.54) is 23.0 Å². The highest BCUT2D eigenvalue weighted by Crippen LogP contribution is 2.41. The van der Waals surface area contributed by atoms with Gasteiger partial charge in [0, 0.05) is 27.7 Å². The second kappa shape index (κ2) is 9.34. The van der Waals surface area contributed by atoms with Crippen LogP contribution in [0, 0.1) is 13.7 Å². The zero-order valence-electron chi connectivity index (χ0n) is 19.0. The molecule has 0 radical (unpaired) electrons. The Balaban J connectivity index is 1.64. The molecule has 1 N–H and O–H groups in total. The number of phenols is 1. The van der Waals surface area contributed by atoms with Crippen LogP contribution in [0.3, 0.4) is 0 Å². The van der Waals surface area contributed by atoms with Crippen LogP contribution in [-0.4, -0.2) is 14.6 Å². The van der Waals surface area contributed by atoms with E-state index in [-0.39, 0.29) is 17.0 Å². The summed E-state index contributed by atoms with van der Waals surface area (Å²) in [6.45, 7) is 0. The van der Waals surface area contributed by atoms with Crippen LogP contribution in [-0.2, 0) is 6.42 Å². The zero-order chi connectivity index (χ0) is 25.8. The average Bonchev–Trinajstić information content (AvgIpc) is 3.20. The van der Waals surface area contributed by atoms with Crippen LogP contribution < -0.4 is 14.9 Å². The molecule has 0 bridgehead atoms. The van der Waals surface area contributed by atoms with E-state index in [9.17, 15) is 20.0 Å². The predicted octanol–water partition coefficient (Wildman–Crippen LogP) is 5.30. The van der Waals surface area contributed by atoms with E-state index < -0.39 is 11.0 Å². The van der Waals surface area contributed by atoms with E-state index in [0.29, 0.717) is 30.5 Å². The molecule has 0 spiro atoms. The first-order valence-corrected chi connectivity index (χ1v) is 14.1. The fourth-order valence-electron chi connectivity index (χ4n) is 4.97. The number of allylic oxidation sites excluding steroid dienone is 1. The minimum Gasteiger partial charge on any atom is -0.506 e. The van der Waals surface area contributed by atoms with Gasteiger partial charge >= 0.3 is 0 Å². The van der Waals surface area contributed by atoms with Crippen molar-refractivity contribution in [2.45, 2.75) is 18.9 Å². The van der Waals surface area contributed by atoms with Gasteiger partial charge in [-0.1, -0.05) is 63.7 Å². The van der Waals surface area contributed by atoms with Gasteiger partial charge in [0.25, 0.3) is 11.2 Å². The number of rotatable bonds is 3. The van der Waals surface area contributed by atoms with Crippen LogP contribution in [0.25, 0.3) is 11.8 Å². The molecule has 0 amide bonds. The summed E-state index contributed by atoms with van der Waals surface area (Å²) in [5.41, 5.74) is 4.92. The minimum atomic E-state index is -0.516. The standard InChI is InChI=1S/C27H17BrIN3O4S/c28-17-10-16(25(33)21(29)13-17)12-22-26(34)31-24(15-5-3-6-18(11-15)32(35)36)20-9-8-14-4-1-2-7-19(14)23(20)30-27(31)37-22/h1-7,10-13,24,33H,8-9H2/b22-12+/t24-/m1/s1. The fraction of sp³-hybridized carbons (Fsp3) is 0.111. The molecule has 10 heteroatoms. The second-order valence-corrected chi connectivity index (χ2v) is 11.9. The highest BCUT2D eigenvalue weighted by atomic mass is 127. The number of aromatic nitrogens is 1. The Hall–Kier alpha value is -3.09. The van der Waals surface area contributed by atoms with E-state index in [0.717, 1.165) is 27.7 Å². The summed E-state index contributed by atoms with van der Waals surface area (Å²) in [4.78, 5) is 30.5. The summed E-state index contributed by atoms with van der Waals surface area (Å²) in [5, 5.41) is 22.2. The number of benzene rings is 3. The van der Waals surface area contributed by atoms with Crippen LogP contribution in [0.2, 0.25) is 0 Å². The number of aryl methyl sites for hydroxylation is 1. The van der Waals surface area contributed by atoms with Crippen molar-refractivity contribution in [2.24, 2.45) is 4.99 Å². The summed E-state index contributed by atoms with van der Waals surface area (Å²) in [6, 6.07) is 17.6. The van der Waals surface area contributed by atoms with Crippen molar-refractivity contribution < 1.29 is 10.0 Å². The number of thiazole rings is 1. The molecule has 6 rings (SSSR count). The number of nitrogens with zero attached hydrogens (tertiary/aromatic N) is 3. The number of nitro groups is 1. The van der Waals surface area contributed by atoms with Gasteiger partial charge in [-0.2, -0.15) is 0 Å². The zero-order valence-corrected chi connectivity index (χ0v) is 23.6. The third-order valence-electron chi connectivity index (χ3n) is 6.61. The second-order valence-electron chi connectivity index (χ2n) is 8.79. The Morgan fingerprint density at radius 1 is 1.16 bits per heavy atom. The molecule has 184 valence electrons. The van der Waals surface area contributed by atoms with Crippen molar-refractivity contribution in [1.82, 2.24) is 4.57 Å². The molecule has 7 nitrogen and oxygen atoms in total. The van der Waals surface area contributed by atoms with Crippen molar-refractivity contribution >= 4 is 67.3 Å². The van der Waals surface area contributed by atoms with E-state index in [1.807, 2.05) is 46.9 Å². The van der Waals surface area contributed by atoms with Crippen molar-refractivity contribution in [3.63, 3.8) is 0 Å². The third kappa shape index (κ3) is 4.16. The summed E-state index contributed by atoms with van der Waals surface area (Å²) >= 11 is 6.75. The SMILES string of the molecule is O=c1/c(=C\c2cc(Br)cc(I)c2O)sc2n1[C@H](c1cccc([N+](=O)[O-])c1)C1=C(N=2)c2ccccc2CC1. The van der Waals surface area contributed by atoms with Gasteiger partial charge in [-0.3, -0.25) is 19.5 Å². The van der Waals surface area contributed by atoms with Crippen molar-refractivity contribution in [2.75, 3.05) is 0 Å². The van der Waals surface area contributed by atoms with Gasteiger partial charge in [-0.05, 0) is 70.3 Å². The maximum Gasteiger partial charge on any atom is 0.271 e. The van der Waals surface area contributed by atoms with E-state index in [1.54, 1.807) is 34.9 Å². The van der Waals surface area contributed by atoms with Crippen LogP contribution >= 0.6 is 49.9 Å².